The number of unbranched alkanes of at least 4 members (excludes halogenated alkanes) is 3. The Bertz CT molecular complexity index is 270. The number of piperidine rings is 1. The summed E-state index contributed by atoms with van der Waals surface area (Å²) in [4.78, 5) is 15.9. The molecule has 110 valence electrons. The predicted molar refractivity (Wildman–Crippen MR) is 81.2 cm³/mol. The molecule has 3 heteroatoms. The number of rotatable bonds is 8. The topological polar surface area (TPSA) is 23.6 Å². The molecule has 19 heavy (non-hydrogen) atoms. The van der Waals surface area contributed by atoms with E-state index in [1.54, 1.807) is 12.2 Å². The summed E-state index contributed by atoms with van der Waals surface area (Å²) in [6, 6.07) is 0. The molecule has 0 unspecified atom stereocenters. The Morgan fingerprint density at radius 1 is 1.11 bits per heavy atom. The SMILES string of the molecule is C/C=C/C(=O)N(C)CCCCCCN1CCCCC1. The van der Waals surface area contributed by atoms with E-state index in [1.807, 2.05) is 18.9 Å². The van der Waals surface area contributed by atoms with Gasteiger partial charge in [-0.15, -0.1) is 0 Å². The van der Waals surface area contributed by atoms with Crippen LogP contribution in [-0.2, 0) is 4.79 Å². The number of carbonyl (C=O) groups is 1. The van der Waals surface area contributed by atoms with Crippen molar-refractivity contribution < 1.29 is 4.79 Å². The zero-order chi connectivity index (χ0) is 13.9. The molecule has 0 aromatic rings. The second-order valence-electron chi connectivity index (χ2n) is 5.58. The van der Waals surface area contributed by atoms with E-state index in [0.29, 0.717) is 0 Å². The third kappa shape index (κ3) is 7.36. The molecule has 0 N–H and O–H groups in total. The quantitative estimate of drug-likeness (QED) is 0.498. The molecule has 0 saturated carbocycles. The van der Waals surface area contributed by atoms with Crippen molar-refractivity contribution in [3.63, 3.8) is 0 Å². The van der Waals surface area contributed by atoms with Gasteiger partial charge in [0.05, 0.1) is 0 Å². The molecule has 1 heterocycles. The summed E-state index contributed by atoms with van der Waals surface area (Å²) < 4.78 is 0. The second kappa shape index (κ2) is 10.0. The molecule has 1 aliphatic rings. The van der Waals surface area contributed by atoms with Gasteiger partial charge in [-0.05, 0) is 58.3 Å². The molecular weight excluding hydrogens is 236 g/mol. The number of hydrogen-bond donors (Lipinski definition) is 0. The largest absolute Gasteiger partial charge is 0.342 e. The number of hydrogen-bond acceptors (Lipinski definition) is 2. The molecule has 0 radical (unpaired) electrons. The third-order valence-corrected chi connectivity index (χ3v) is 3.85. The number of allylic oxidation sites excluding steroid dienone is 1. The highest BCUT2D eigenvalue weighted by Gasteiger charge is 2.09. The highest BCUT2D eigenvalue weighted by molar-refractivity contribution is 5.87. The van der Waals surface area contributed by atoms with Crippen LogP contribution in [-0.4, -0.2) is 48.9 Å². The zero-order valence-corrected chi connectivity index (χ0v) is 12.7. The van der Waals surface area contributed by atoms with Gasteiger partial charge in [0, 0.05) is 13.6 Å². The summed E-state index contributed by atoms with van der Waals surface area (Å²) >= 11 is 0. The van der Waals surface area contributed by atoms with Crippen molar-refractivity contribution in [1.82, 2.24) is 9.80 Å². The lowest BCUT2D eigenvalue weighted by molar-refractivity contribution is -0.124. The molecule has 1 aliphatic heterocycles. The highest BCUT2D eigenvalue weighted by Crippen LogP contribution is 2.10. The van der Waals surface area contributed by atoms with E-state index in [-0.39, 0.29) is 5.91 Å². The fraction of sp³-hybridized carbons (Fsp3) is 0.812. The minimum Gasteiger partial charge on any atom is -0.342 e. The summed E-state index contributed by atoms with van der Waals surface area (Å²) in [6.07, 6.45) is 12.6. The normalized spacial score (nSPS) is 16.9. The molecule has 3 nitrogen and oxygen atoms in total. The monoisotopic (exact) mass is 266 g/mol. The fourth-order valence-corrected chi connectivity index (χ4v) is 2.60. The first-order chi connectivity index (χ1) is 9.24. The first-order valence-corrected chi connectivity index (χ1v) is 7.84. The maximum Gasteiger partial charge on any atom is 0.245 e. The van der Waals surface area contributed by atoms with Crippen molar-refractivity contribution >= 4 is 5.91 Å². The average molecular weight is 266 g/mol. The van der Waals surface area contributed by atoms with Crippen molar-refractivity contribution in [2.75, 3.05) is 33.2 Å². The average Bonchev–Trinajstić information content (AvgIpc) is 2.43. The van der Waals surface area contributed by atoms with Crippen LogP contribution >= 0.6 is 0 Å². The summed E-state index contributed by atoms with van der Waals surface area (Å²) in [5.74, 6) is 0.121. The van der Waals surface area contributed by atoms with Gasteiger partial charge in [0.15, 0.2) is 0 Å². The Kier molecular flexibility index (Phi) is 8.55. The Labute approximate surface area is 118 Å². The summed E-state index contributed by atoms with van der Waals surface area (Å²) in [6.45, 7) is 6.65. The smallest absolute Gasteiger partial charge is 0.245 e. The van der Waals surface area contributed by atoms with Gasteiger partial charge < -0.3 is 9.80 Å². The van der Waals surface area contributed by atoms with E-state index in [9.17, 15) is 4.79 Å². The van der Waals surface area contributed by atoms with Crippen LogP contribution in [0.4, 0.5) is 0 Å². The van der Waals surface area contributed by atoms with E-state index in [4.69, 9.17) is 0 Å². The van der Waals surface area contributed by atoms with Crippen LogP contribution in [0.15, 0.2) is 12.2 Å². The van der Waals surface area contributed by atoms with E-state index in [1.165, 1.54) is 58.2 Å². The van der Waals surface area contributed by atoms with Gasteiger partial charge in [-0.3, -0.25) is 4.79 Å². The highest BCUT2D eigenvalue weighted by atomic mass is 16.2. The number of carbonyl (C=O) groups excluding carboxylic acids is 1. The molecule has 0 aliphatic carbocycles. The van der Waals surface area contributed by atoms with Crippen molar-refractivity contribution in [2.24, 2.45) is 0 Å². The number of likely N-dealkylation sites (tertiary alicyclic amines) is 1. The van der Waals surface area contributed by atoms with Gasteiger partial charge in [-0.1, -0.05) is 25.3 Å². The van der Waals surface area contributed by atoms with Crippen LogP contribution in [0, 0.1) is 0 Å². The molecule has 0 bridgehead atoms. The van der Waals surface area contributed by atoms with Crippen molar-refractivity contribution in [3.8, 4) is 0 Å². The van der Waals surface area contributed by atoms with Crippen LogP contribution in [0.2, 0.25) is 0 Å². The molecular formula is C16H30N2O. The van der Waals surface area contributed by atoms with Gasteiger partial charge in [-0.25, -0.2) is 0 Å². The van der Waals surface area contributed by atoms with Crippen LogP contribution in [0.3, 0.4) is 0 Å². The van der Waals surface area contributed by atoms with Crippen molar-refractivity contribution in [3.05, 3.63) is 12.2 Å². The molecule has 1 amide bonds. The van der Waals surface area contributed by atoms with E-state index < -0.39 is 0 Å². The first kappa shape index (κ1) is 16.2. The van der Waals surface area contributed by atoms with Crippen LogP contribution in [0.5, 0.6) is 0 Å². The number of amides is 1. The summed E-state index contributed by atoms with van der Waals surface area (Å²) in [7, 11) is 1.88. The Hall–Kier alpha value is -0.830. The fourth-order valence-electron chi connectivity index (χ4n) is 2.60. The van der Waals surface area contributed by atoms with Crippen LogP contribution in [0.1, 0.15) is 51.9 Å². The van der Waals surface area contributed by atoms with E-state index in [0.717, 1.165) is 13.0 Å². The van der Waals surface area contributed by atoms with Gasteiger partial charge in [0.2, 0.25) is 5.91 Å². The van der Waals surface area contributed by atoms with E-state index in [2.05, 4.69) is 4.90 Å². The minimum atomic E-state index is 0.121. The Morgan fingerprint density at radius 2 is 1.79 bits per heavy atom. The second-order valence-corrected chi connectivity index (χ2v) is 5.58. The van der Waals surface area contributed by atoms with Crippen molar-refractivity contribution in [1.29, 1.82) is 0 Å². The maximum atomic E-state index is 11.5. The Morgan fingerprint density at radius 3 is 2.47 bits per heavy atom. The number of likely N-dealkylation sites (N-methyl/N-ethyl adjacent to an activating group) is 1. The lowest BCUT2D eigenvalue weighted by atomic mass is 10.1. The summed E-state index contributed by atoms with van der Waals surface area (Å²) in [5.41, 5.74) is 0. The maximum absolute atomic E-state index is 11.5. The molecule has 1 saturated heterocycles. The van der Waals surface area contributed by atoms with E-state index >= 15 is 0 Å². The van der Waals surface area contributed by atoms with Gasteiger partial charge in [-0.2, -0.15) is 0 Å². The van der Waals surface area contributed by atoms with Gasteiger partial charge in [0.25, 0.3) is 0 Å². The first-order valence-electron chi connectivity index (χ1n) is 7.84. The molecule has 0 atom stereocenters. The lowest BCUT2D eigenvalue weighted by Gasteiger charge is -2.26. The third-order valence-electron chi connectivity index (χ3n) is 3.85. The molecule has 0 aromatic heterocycles. The molecule has 0 spiro atoms. The zero-order valence-electron chi connectivity index (χ0n) is 12.7. The van der Waals surface area contributed by atoms with Gasteiger partial charge in [0.1, 0.15) is 0 Å². The Balaban J connectivity index is 1.94. The molecule has 1 rings (SSSR count). The summed E-state index contributed by atoms with van der Waals surface area (Å²) in [5, 5.41) is 0. The van der Waals surface area contributed by atoms with Gasteiger partial charge >= 0.3 is 0 Å². The molecule has 1 fully saturated rings. The number of nitrogens with zero attached hydrogens (tertiary/aromatic N) is 2. The standard InChI is InChI=1S/C16H30N2O/c1-3-11-16(19)17(2)12-7-4-5-8-13-18-14-9-6-10-15-18/h3,11H,4-10,12-15H2,1-2H3/b11-3+. The van der Waals surface area contributed by atoms with Crippen LogP contribution in [0.25, 0.3) is 0 Å². The minimum absolute atomic E-state index is 0.121. The molecule has 0 aromatic carbocycles. The van der Waals surface area contributed by atoms with Crippen molar-refractivity contribution in [2.45, 2.75) is 51.9 Å². The van der Waals surface area contributed by atoms with Crippen LogP contribution < -0.4 is 0 Å². The predicted octanol–water partition coefficient (Wildman–Crippen LogP) is 3.07. The lowest BCUT2D eigenvalue weighted by Crippen LogP contribution is -2.30.